The monoisotopic (exact) mass is 358 g/mol. The number of methoxy groups -OCH3 is 2. The lowest BCUT2D eigenvalue weighted by Gasteiger charge is -2.11. The Hall–Kier alpha value is -1.56. The van der Waals surface area contributed by atoms with E-state index in [0.717, 1.165) is 6.42 Å². The highest BCUT2D eigenvalue weighted by Gasteiger charge is 2.15. The molecule has 0 spiro atoms. The van der Waals surface area contributed by atoms with Crippen molar-refractivity contribution in [1.29, 1.82) is 0 Å². The lowest BCUT2D eigenvalue weighted by molar-refractivity contribution is -0.159. The third kappa shape index (κ3) is 5.38. The zero-order chi connectivity index (χ0) is 15.8. The van der Waals surface area contributed by atoms with Crippen LogP contribution in [0.25, 0.3) is 0 Å². The minimum Gasteiger partial charge on any atom is -0.493 e. The number of ether oxygens (including phenoxy) is 3. The highest BCUT2D eigenvalue weighted by Crippen LogP contribution is 2.33. The van der Waals surface area contributed by atoms with Crippen LogP contribution in [0.4, 0.5) is 0 Å². The third-order valence-corrected chi connectivity index (χ3v) is 3.59. The number of carbonyl (C=O) groups excluding carboxylic acids is 2. The van der Waals surface area contributed by atoms with Crippen LogP contribution in [0.3, 0.4) is 0 Å². The normalized spacial score (nSPS) is 10.1. The molecule has 5 nitrogen and oxygen atoms in total. The summed E-state index contributed by atoms with van der Waals surface area (Å²) in [6, 6.07) is 3.39. The summed E-state index contributed by atoms with van der Waals surface area (Å²) in [6.07, 6.45) is 1.84. The Bertz CT molecular complexity index is 513. The Morgan fingerprint density at radius 1 is 1.10 bits per heavy atom. The second-order valence-corrected chi connectivity index (χ2v) is 5.28. The number of rotatable bonds is 7. The number of halogens is 1. The summed E-state index contributed by atoms with van der Waals surface area (Å²) in [4.78, 5) is 23.2. The molecule has 0 aliphatic rings. The molecule has 0 unspecified atom stereocenters. The molecule has 6 heteroatoms. The molecule has 0 amide bonds. The molecule has 1 rings (SSSR count). The van der Waals surface area contributed by atoms with Crippen LogP contribution in [0.5, 0.6) is 11.5 Å². The van der Waals surface area contributed by atoms with Gasteiger partial charge in [0.15, 0.2) is 11.5 Å². The molecule has 0 aromatic heterocycles. The fourth-order valence-electron chi connectivity index (χ4n) is 1.72. The van der Waals surface area contributed by atoms with Gasteiger partial charge in [0.25, 0.3) is 0 Å². The van der Waals surface area contributed by atoms with Crippen molar-refractivity contribution in [2.24, 2.45) is 0 Å². The first kappa shape index (κ1) is 17.5. The molecule has 0 saturated heterocycles. The van der Waals surface area contributed by atoms with E-state index in [-0.39, 0.29) is 12.8 Å². The Morgan fingerprint density at radius 3 is 2.29 bits per heavy atom. The molecule has 116 valence electrons. The third-order valence-electron chi connectivity index (χ3n) is 2.85. The number of hydrogen-bond donors (Lipinski definition) is 0. The molecule has 0 radical (unpaired) electrons. The smallest absolute Gasteiger partial charge is 0.317 e. The fraction of sp³-hybridized carbons (Fsp3) is 0.467. The van der Waals surface area contributed by atoms with E-state index < -0.39 is 11.9 Å². The fourth-order valence-corrected chi connectivity index (χ4v) is 2.19. The average Bonchev–Trinajstić information content (AvgIpc) is 2.46. The largest absolute Gasteiger partial charge is 0.493 e. The van der Waals surface area contributed by atoms with E-state index in [0.29, 0.717) is 28.0 Å². The van der Waals surface area contributed by atoms with E-state index in [1.807, 2.05) is 6.92 Å². The number of esters is 2. The van der Waals surface area contributed by atoms with Crippen molar-refractivity contribution in [3.63, 3.8) is 0 Å². The minimum atomic E-state index is -0.580. The summed E-state index contributed by atoms with van der Waals surface area (Å²) in [7, 11) is 3.05. The van der Waals surface area contributed by atoms with Crippen molar-refractivity contribution < 1.29 is 23.8 Å². The van der Waals surface area contributed by atoms with Gasteiger partial charge in [0, 0.05) is 10.9 Å². The molecule has 1 aromatic carbocycles. The predicted octanol–water partition coefficient (Wildman–Crippen LogP) is 3.27. The van der Waals surface area contributed by atoms with Gasteiger partial charge < -0.3 is 14.2 Å². The van der Waals surface area contributed by atoms with E-state index in [2.05, 4.69) is 15.9 Å². The maximum atomic E-state index is 11.8. The van der Waals surface area contributed by atoms with Crippen LogP contribution in [0.1, 0.15) is 31.7 Å². The van der Waals surface area contributed by atoms with Crippen LogP contribution < -0.4 is 9.47 Å². The molecular formula is C15H19BrO5. The van der Waals surface area contributed by atoms with Crippen molar-refractivity contribution >= 4 is 27.9 Å². The summed E-state index contributed by atoms with van der Waals surface area (Å²) in [6.45, 7) is 1.97. The van der Waals surface area contributed by atoms with E-state index in [1.165, 1.54) is 14.2 Å². The quantitative estimate of drug-likeness (QED) is 0.552. The van der Waals surface area contributed by atoms with Crippen molar-refractivity contribution in [2.75, 3.05) is 14.2 Å². The summed E-state index contributed by atoms with van der Waals surface area (Å²) in [5, 5.41) is 0. The topological polar surface area (TPSA) is 61.8 Å². The SMILES string of the molecule is CCCCC(=O)OC(=O)Cc1cc(OC)c(OC)cc1Br. The molecule has 0 atom stereocenters. The van der Waals surface area contributed by atoms with Crippen molar-refractivity contribution in [1.82, 2.24) is 0 Å². The number of hydrogen-bond acceptors (Lipinski definition) is 5. The molecule has 1 aromatic rings. The average molecular weight is 359 g/mol. The first-order chi connectivity index (χ1) is 10.0. The van der Waals surface area contributed by atoms with Gasteiger partial charge in [-0.15, -0.1) is 0 Å². The van der Waals surface area contributed by atoms with E-state index in [9.17, 15) is 9.59 Å². The molecule has 0 N–H and O–H groups in total. The van der Waals surface area contributed by atoms with Gasteiger partial charge in [0.05, 0.1) is 20.6 Å². The lowest BCUT2D eigenvalue weighted by atomic mass is 10.1. The standard InChI is InChI=1S/C15H19BrO5/c1-4-5-6-14(17)21-15(18)8-10-7-12(19-2)13(20-3)9-11(10)16/h7,9H,4-6,8H2,1-3H3. The molecule has 0 bridgehead atoms. The molecular weight excluding hydrogens is 340 g/mol. The summed E-state index contributed by atoms with van der Waals surface area (Å²) in [5.74, 6) is 0.00351. The van der Waals surface area contributed by atoms with Crippen LogP contribution in [0.15, 0.2) is 16.6 Å². The van der Waals surface area contributed by atoms with Crippen LogP contribution in [-0.2, 0) is 20.7 Å². The molecule has 21 heavy (non-hydrogen) atoms. The molecule has 0 heterocycles. The maximum absolute atomic E-state index is 11.8. The van der Waals surface area contributed by atoms with Crippen molar-refractivity contribution in [2.45, 2.75) is 32.6 Å². The zero-order valence-electron chi connectivity index (χ0n) is 12.4. The Labute approximate surface area is 132 Å². The van der Waals surface area contributed by atoms with Crippen molar-refractivity contribution in [3.8, 4) is 11.5 Å². The Kier molecular flexibility index (Phi) is 7.22. The summed E-state index contributed by atoms with van der Waals surface area (Å²) in [5.41, 5.74) is 0.668. The Balaban J connectivity index is 2.74. The van der Waals surface area contributed by atoms with Crippen LogP contribution in [0, 0.1) is 0 Å². The van der Waals surface area contributed by atoms with Crippen LogP contribution in [0.2, 0.25) is 0 Å². The van der Waals surface area contributed by atoms with Gasteiger partial charge >= 0.3 is 11.9 Å². The van der Waals surface area contributed by atoms with Gasteiger partial charge in [-0.3, -0.25) is 9.59 Å². The highest BCUT2D eigenvalue weighted by molar-refractivity contribution is 9.10. The highest BCUT2D eigenvalue weighted by atomic mass is 79.9. The zero-order valence-corrected chi connectivity index (χ0v) is 14.0. The van der Waals surface area contributed by atoms with Crippen LogP contribution in [-0.4, -0.2) is 26.2 Å². The molecule has 0 aliphatic carbocycles. The van der Waals surface area contributed by atoms with Gasteiger partial charge in [-0.2, -0.15) is 0 Å². The maximum Gasteiger partial charge on any atom is 0.317 e. The number of carbonyl (C=O) groups is 2. The van der Waals surface area contributed by atoms with Gasteiger partial charge in [-0.25, -0.2) is 0 Å². The first-order valence-electron chi connectivity index (χ1n) is 6.65. The molecule has 0 aliphatic heterocycles. The van der Waals surface area contributed by atoms with Gasteiger partial charge in [0.1, 0.15) is 0 Å². The van der Waals surface area contributed by atoms with Gasteiger partial charge in [-0.05, 0) is 24.1 Å². The van der Waals surface area contributed by atoms with Gasteiger partial charge in [0.2, 0.25) is 0 Å². The van der Waals surface area contributed by atoms with E-state index >= 15 is 0 Å². The molecule has 0 saturated carbocycles. The first-order valence-corrected chi connectivity index (χ1v) is 7.45. The summed E-state index contributed by atoms with van der Waals surface area (Å²) < 4.78 is 15.8. The summed E-state index contributed by atoms with van der Waals surface area (Å²) >= 11 is 3.36. The second kappa shape index (κ2) is 8.67. The second-order valence-electron chi connectivity index (χ2n) is 4.43. The van der Waals surface area contributed by atoms with Crippen LogP contribution >= 0.6 is 15.9 Å². The minimum absolute atomic E-state index is 0.0151. The lowest BCUT2D eigenvalue weighted by Crippen LogP contribution is -2.14. The molecule has 0 fully saturated rings. The Morgan fingerprint density at radius 2 is 1.71 bits per heavy atom. The number of benzene rings is 1. The van der Waals surface area contributed by atoms with Gasteiger partial charge in [-0.1, -0.05) is 29.3 Å². The van der Waals surface area contributed by atoms with Crippen molar-refractivity contribution in [3.05, 3.63) is 22.2 Å². The number of unbranched alkanes of at least 4 members (excludes halogenated alkanes) is 1. The van der Waals surface area contributed by atoms with E-state index in [4.69, 9.17) is 14.2 Å². The predicted molar refractivity (Wildman–Crippen MR) is 81.6 cm³/mol. The van der Waals surface area contributed by atoms with E-state index in [1.54, 1.807) is 12.1 Å².